The summed E-state index contributed by atoms with van der Waals surface area (Å²) in [6.45, 7) is -0.337. The van der Waals surface area contributed by atoms with Crippen molar-refractivity contribution in [3.05, 3.63) is 27.2 Å². The van der Waals surface area contributed by atoms with Gasteiger partial charge in [-0.1, -0.05) is 34.8 Å². The summed E-state index contributed by atoms with van der Waals surface area (Å²) >= 11 is 17.3. The number of halogens is 3. The zero-order valence-corrected chi connectivity index (χ0v) is 11.9. The molecule has 0 aromatic heterocycles. The van der Waals surface area contributed by atoms with Crippen LogP contribution in [-0.2, 0) is 10.0 Å². The predicted octanol–water partition coefficient (Wildman–Crippen LogP) is 2.26. The quantitative estimate of drug-likeness (QED) is 0.926. The Morgan fingerprint density at radius 1 is 1.24 bits per heavy atom. The van der Waals surface area contributed by atoms with E-state index in [-0.39, 0.29) is 33.1 Å². The van der Waals surface area contributed by atoms with Crippen LogP contribution in [-0.4, -0.2) is 38.0 Å². The Bertz CT molecular complexity index is 495. The van der Waals surface area contributed by atoms with Crippen LogP contribution in [0.15, 0.2) is 17.0 Å². The molecule has 0 amide bonds. The minimum absolute atomic E-state index is 0.0440. The second-order valence-electron chi connectivity index (χ2n) is 3.25. The lowest BCUT2D eigenvalue weighted by Gasteiger charge is -2.17. The minimum Gasteiger partial charge on any atom is -0.395 e. The molecule has 1 aromatic carbocycles. The molecule has 1 rings (SSSR count). The van der Waals surface area contributed by atoms with Crippen molar-refractivity contribution in [1.82, 2.24) is 4.31 Å². The summed E-state index contributed by atoms with van der Waals surface area (Å²) in [7, 11) is -2.50. The molecule has 1 aromatic rings. The number of hydrogen-bond donors (Lipinski definition) is 1. The highest BCUT2D eigenvalue weighted by molar-refractivity contribution is 7.89. The molecular weight excluding hydrogens is 309 g/mol. The Balaban J connectivity index is 3.34. The summed E-state index contributed by atoms with van der Waals surface area (Å²) in [5.74, 6) is 0. The van der Waals surface area contributed by atoms with Crippen molar-refractivity contribution < 1.29 is 13.5 Å². The molecule has 0 saturated heterocycles. The molecule has 0 saturated carbocycles. The molecule has 0 bridgehead atoms. The molecule has 0 aliphatic rings. The molecule has 0 unspecified atom stereocenters. The first kappa shape index (κ1) is 15.0. The Hall–Kier alpha value is -0.0400. The molecule has 0 spiro atoms. The smallest absolute Gasteiger partial charge is 0.245 e. The molecule has 0 fully saturated rings. The van der Waals surface area contributed by atoms with E-state index in [9.17, 15) is 8.42 Å². The molecule has 0 heterocycles. The standard InChI is InChI=1S/C9H10Cl3NO3S/c1-13(2-3-14)17(15,16)9-7(11)4-6(10)5-8(9)12/h4-5,14H,2-3H2,1H3. The third-order valence-corrected chi connectivity index (χ3v) is 5.04. The maximum absolute atomic E-state index is 12.1. The zero-order chi connectivity index (χ0) is 13.2. The van der Waals surface area contributed by atoms with Gasteiger partial charge >= 0.3 is 0 Å². The van der Waals surface area contributed by atoms with Crippen LogP contribution < -0.4 is 0 Å². The van der Waals surface area contributed by atoms with Crippen molar-refractivity contribution in [2.45, 2.75) is 4.90 Å². The van der Waals surface area contributed by atoms with Gasteiger partial charge in [-0.3, -0.25) is 0 Å². The molecule has 4 nitrogen and oxygen atoms in total. The number of sulfonamides is 1. The zero-order valence-electron chi connectivity index (χ0n) is 8.82. The van der Waals surface area contributed by atoms with Gasteiger partial charge in [0.15, 0.2) is 0 Å². The van der Waals surface area contributed by atoms with Gasteiger partial charge in [0.2, 0.25) is 10.0 Å². The van der Waals surface area contributed by atoms with Crippen LogP contribution in [0, 0.1) is 0 Å². The Labute approximate surface area is 115 Å². The van der Waals surface area contributed by atoms with Gasteiger partial charge in [0, 0.05) is 18.6 Å². The average molecular weight is 319 g/mol. The van der Waals surface area contributed by atoms with E-state index in [1.54, 1.807) is 0 Å². The first-order valence-electron chi connectivity index (χ1n) is 4.52. The third kappa shape index (κ3) is 3.24. The molecule has 0 radical (unpaired) electrons. The summed E-state index contributed by atoms with van der Waals surface area (Å²) in [6.07, 6.45) is 0. The van der Waals surface area contributed by atoms with Crippen molar-refractivity contribution in [3.63, 3.8) is 0 Å². The average Bonchev–Trinajstić information content (AvgIpc) is 2.15. The van der Waals surface area contributed by atoms with E-state index in [2.05, 4.69) is 0 Å². The van der Waals surface area contributed by atoms with Crippen LogP contribution >= 0.6 is 34.8 Å². The minimum atomic E-state index is -3.83. The van der Waals surface area contributed by atoms with E-state index in [4.69, 9.17) is 39.9 Å². The molecular formula is C9H10Cl3NO3S. The first-order chi connectivity index (χ1) is 7.80. The lowest BCUT2D eigenvalue weighted by Crippen LogP contribution is -2.30. The topological polar surface area (TPSA) is 57.6 Å². The van der Waals surface area contributed by atoms with Gasteiger partial charge in [-0.05, 0) is 12.1 Å². The molecule has 0 atom stereocenters. The summed E-state index contributed by atoms with van der Waals surface area (Å²) in [5.41, 5.74) is 0. The SMILES string of the molecule is CN(CCO)S(=O)(=O)c1c(Cl)cc(Cl)cc1Cl. The van der Waals surface area contributed by atoms with Gasteiger partial charge in [0.25, 0.3) is 0 Å². The molecule has 17 heavy (non-hydrogen) atoms. The Morgan fingerprint density at radius 3 is 2.12 bits per heavy atom. The molecule has 8 heteroatoms. The molecule has 96 valence electrons. The third-order valence-electron chi connectivity index (χ3n) is 2.05. The fourth-order valence-corrected chi connectivity index (χ4v) is 3.84. The maximum Gasteiger partial charge on any atom is 0.245 e. The number of aliphatic hydroxyl groups is 1. The number of likely N-dealkylation sites (N-methyl/N-ethyl adjacent to an activating group) is 1. The first-order valence-corrected chi connectivity index (χ1v) is 7.10. The van der Waals surface area contributed by atoms with E-state index in [0.717, 1.165) is 4.31 Å². The van der Waals surface area contributed by atoms with Gasteiger partial charge in [0.1, 0.15) is 4.90 Å². The summed E-state index contributed by atoms with van der Waals surface area (Å²) in [6, 6.07) is 2.60. The lowest BCUT2D eigenvalue weighted by molar-refractivity contribution is 0.266. The van der Waals surface area contributed by atoms with E-state index < -0.39 is 10.0 Å². The van der Waals surface area contributed by atoms with Gasteiger partial charge in [-0.2, -0.15) is 4.31 Å². The van der Waals surface area contributed by atoms with Crippen molar-refractivity contribution in [2.24, 2.45) is 0 Å². The lowest BCUT2D eigenvalue weighted by atomic mass is 10.4. The summed E-state index contributed by atoms with van der Waals surface area (Å²) < 4.78 is 25.1. The highest BCUT2D eigenvalue weighted by atomic mass is 35.5. The maximum atomic E-state index is 12.1. The van der Waals surface area contributed by atoms with E-state index in [1.807, 2.05) is 0 Å². The molecule has 0 aliphatic carbocycles. The van der Waals surface area contributed by atoms with Gasteiger partial charge in [-0.15, -0.1) is 0 Å². The largest absolute Gasteiger partial charge is 0.395 e. The Kier molecular flexibility index (Phi) is 5.07. The highest BCUT2D eigenvalue weighted by Crippen LogP contribution is 2.34. The van der Waals surface area contributed by atoms with Gasteiger partial charge < -0.3 is 5.11 Å². The van der Waals surface area contributed by atoms with Crippen molar-refractivity contribution in [2.75, 3.05) is 20.2 Å². The summed E-state index contributed by atoms with van der Waals surface area (Å²) in [4.78, 5) is -0.207. The second-order valence-corrected chi connectivity index (χ2v) is 6.48. The predicted molar refractivity (Wildman–Crippen MR) is 68.4 cm³/mol. The molecule has 0 aliphatic heterocycles. The normalized spacial score (nSPS) is 12.1. The number of hydrogen-bond acceptors (Lipinski definition) is 3. The van der Waals surface area contributed by atoms with E-state index in [1.165, 1.54) is 19.2 Å². The summed E-state index contributed by atoms with van der Waals surface area (Å²) in [5, 5.41) is 8.89. The highest BCUT2D eigenvalue weighted by Gasteiger charge is 2.26. The van der Waals surface area contributed by atoms with Crippen LogP contribution in [0.3, 0.4) is 0 Å². The monoisotopic (exact) mass is 317 g/mol. The van der Waals surface area contributed by atoms with Crippen LogP contribution in [0.4, 0.5) is 0 Å². The van der Waals surface area contributed by atoms with Crippen molar-refractivity contribution >= 4 is 44.8 Å². The van der Waals surface area contributed by atoms with Crippen LogP contribution in [0.1, 0.15) is 0 Å². The van der Waals surface area contributed by atoms with Crippen molar-refractivity contribution in [3.8, 4) is 0 Å². The number of benzene rings is 1. The number of aliphatic hydroxyl groups excluding tert-OH is 1. The Morgan fingerprint density at radius 2 is 1.71 bits per heavy atom. The van der Waals surface area contributed by atoms with Crippen molar-refractivity contribution in [1.29, 1.82) is 0 Å². The van der Waals surface area contributed by atoms with Crippen LogP contribution in [0.2, 0.25) is 15.1 Å². The fourth-order valence-electron chi connectivity index (χ4n) is 1.19. The fraction of sp³-hybridized carbons (Fsp3) is 0.333. The number of nitrogens with zero attached hydrogens (tertiary/aromatic N) is 1. The number of rotatable bonds is 4. The van der Waals surface area contributed by atoms with E-state index in [0.29, 0.717) is 0 Å². The molecule has 1 N–H and O–H groups in total. The van der Waals surface area contributed by atoms with Crippen LogP contribution in [0.25, 0.3) is 0 Å². The van der Waals surface area contributed by atoms with Gasteiger partial charge in [-0.25, -0.2) is 8.42 Å². The van der Waals surface area contributed by atoms with E-state index >= 15 is 0 Å². The van der Waals surface area contributed by atoms with Gasteiger partial charge in [0.05, 0.1) is 16.7 Å². The second kappa shape index (κ2) is 5.73. The van der Waals surface area contributed by atoms with Crippen LogP contribution in [0.5, 0.6) is 0 Å².